The first-order chi connectivity index (χ1) is 16.6. The fraction of sp³-hybridized carbons (Fsp3) is 0.231. The van der Waals surface area contributed by atoms with Crippen LogP contribution in [0, 0.1) is 0 Å². The van der Waals surface area contributed by atoms with Gasteiger partial charge in [-0.3, -0.25) is 4.98 Å². The fourth-order valence-corrected chi connectivity index (χ4v) is 4.77. The predicted octanol–water partition coefficient (Wildman–Crippen LogP) is 5.69. The van der Waals surface area contributed by atoms with Gasteiger partial charge in [0, 0.05) is 77.9 Å². The Labute approximate surface area is 208 Å². The highest BCUT2D eigenvalue weighted by Gasteiger charge is 2.15. The van der Waals surface area contributed by atoms with Gasteiger partial charge in [0.1, 0.15) is 11.6 Å². The van der Waals surface area contributed by atoms with Crippen LogP contribution in [-0.2, 0) is 6.42 Å². The smallest absolute Gasteiger partial charge is 0.144 e. The summed E-state index contributed by atoms with van der Waals surface area (Å²) in [6.07, 6.45) is 4.12. The summed E-state index contributed by atoms with van der Waals surface area (Å²) in [5.74, 6) is 1.46. The molecule has 0 radical (unpaired) electrons. The van der Waals surface area contributed by atoms with Crippen LogP contribution in [0.3, 0.4) is 0 Å². The third kappa shape index (κ3) is 4.75. The first-order valence-electron chi connectivity index (χ1n) is 11.2. The van der Waals surface area contributed by atoms with Crippen LogP contribution in [0.25, 0.3) is 10.8 Å². The van der Waals surface area contributed by atoms with Crippen molar-refractivity contribution in [3.8, 4) is 5.75 Å². The zero-order valence-electron chi connectivity index (χ0n) is 18.8. The first-order valence-corrected chi connectivity index (χ1v) is 12.0. The molecule has 0 spiro atoms. The molecule has 1 fully saturated rings. The van der Waals surface area contributed by atoms with Crippen LogP contribution in [-0.4, -0.2) is 43.3 Å². The minimum Gasteiger partial charge on any atom is -0.494 e. The number of fused-ring (bicyclic) bond motifs is 1. The summed E-state index contributed by atoms with van der Waals surface area (Å²) in [5.41, 5.74) is 3.70. The van der Waals surface area contributed by atoms with Crippen LogP contribution in [0.4, 0.5) is 17.2 Å². The Hall–Kier alpha value is -3.06. The molecule has 0 saturated carbocycles. The number of pyridine rings is 2. The van der Waals surface area contributed by atoms with Crippen LogP contribution in [0.15, 0.2) is 60.9 Å². The molecule has 1 aliphatic heterocycles. The van der Waals surface area contributed by atoms with Gasteiger partial charge >= 0.3 is 0 Å². The van der Waals surface area contributed by atoms with Crippen molar-refractivity contribution in [3.05, 3.63) is 82.2 Å². The van der Waals surface area contributed by atoms with E-state index in [9.17, 15) is 0 Å². The van der Waals surface area contributed by atoms with E-state index in [4.69, 9.17) is 32.9 Å². The quantitative estimate of drug-likeness (QED) is 0.359. The molecule has 2 N–H and O–H groups in total. The van der Waals surface area contributed by atoms with E-state index in [-0.39, 0.29) is 0 Å². The molecular weight excluding hydrogens is 469 g/mol. The predicted molar refractivity (Wildman–Crippen MR) is 140 cm³/mol. The SMILES string of the molecule is COc1cc(N2CCNCC2)ccc1Nc1nc(Cc2c(Cl)cccc2Cl)cc2ccncc12. The maximum absolute atomic E-state index is 6.42. The maximum Gasteiger partial charge on any atom is 0.144 e. The molecule has 3 heterocycles. The minimum absolute atomic E-state index is 0.518. The van der Waals surface area contributed by atoms with E-state index in [1.165, 1.54) is 0 Å². The molecule has 2 aromatic heterocycles. The Morgan fingerprint density at radius 2 is 1.85 bits per heavy atom. The van der Waals surface area contributed by atoms with Crippen LogP contribution in [0.5, 0.6) is 5.75 Å². The molecule has 1 saturated heterocycles. The molecule has 5 rings (SSSR count). The van der Waals surface area contributed by atoms with Crippen LogP contribution < -0.4 is 20.3 Å². The number of ether oxygens (including phenoxy) is 1. The van der Waals surface area contributed by atoms with E-state index in [0.29, 0.717) is 22.3 Å². The molecule has 0 unspecified atom stereocenters. The number of methoxy groups -OCH3 is 1. The monoisotopic (exact) mass is 493 g/mol. The summed E-state index contributed by atoms with van der Waals surface area (Å²) >= 11 is 12.8. The van der Waals surface area contributed by atoms with E-state index < -0.39 is 0 Å². The number of hydrogen-bond acceptors (Lipinski definition) is 6. The standard InChI is InChI=1S/C26H25Cl2N5O/c1-34-25-15-19(33-11-9-29-10-12-33)5-6-24(25)32-26-21-16-30-8-7-17(21)13-18(31-26)14-20-22(27)3-2-4-23(20)28/h2-8,13,15-16,29H,9-12,14H2,1H3,(H,31,32). The van der Waals surface area contributed by atoms with Gasteiger partial charge in [-0.15, -0.1) is 0 Å². The van der Waals surface area contributed by atoms with Gasteiger partial charge in [-0.05, 0) is 47.3 Å². The molecule has 6 nitrogen and oxygen atoms in total. The zero-order valence-corrected chi connectivity index (χ0v) is 20.3. The number of nitrogens with zero attached hydrogens (tertiary/aromatic N) is 3. The van der Waals surface area contributed by atoms with Gasteiger partial charge in [-0.25, -0.2) is 4.98 Å². The molecule has 4 aromatic rings. The number of hydrogen-bond donors (Lipinski definition) is 2. The lowest BCUT2D eigenvalue weighted by Gasteiger charge is -2.30. The third-order valence-electron chi connectivity index (χ3n) is 6.03. The van der Waals surface area contributed by atoms with Crippen molar-refractivity contribution in [2.75, 3.05) is 43.5 Å². The van der Waals surface area contributed by atoms with Crippen molar-refractivity contribution < 1.29 is 4.74 Å². The third-order valence-corrected chi connectivity index (χ3v) is 6.74. The van der Waals surface area contributed by atoms with Crippen molar-refractivity contribution in [3.63, 3.8) is 0 Å². The average molecular weight is 494 g/mol. The number of benzene rings is 2. The Kier molecular flexibility index (Phi) is 6.72. The lowest BCUT2D eigenvalue weighted by atomic mass is 10.1. The van der Waals surface area contributed by atoms with Crippen LogP contribution >= 0.6 is 23.2 Å². The van der Waals surface area contributed by atoms with E-state index in [1.807, 2.05) is 42.6 Å². The van der Waals surface area contributed by atoms with Crippen molar-refractivity contribution in [1.82, 2.24) is 15.3 Å². The largest absolute Gasteiger partial charge is 0.494 e. The van der Waals surface area contributed by atoms with Crippen molar-refractivity contribution in [2.45, 2.75) is 6.42 Å². The minimum atomic E-state index is 0.518. The van der Waals surface area contributed by atoms with Gasteiger partial charge < -0.3 is 20.3 Å². The molecule has 0 bridgehead atoms. The highest BCUT2D eigenvalue weighted by atomic mass is 35.5. The van der Waals surface area contributed by atoms with E-state index >= 15 is 0 Å². The fourth-order valence-electron chi connectivity index (χ4n) is 4.24. The average Bonchev–Trinajstić information content (AvgIpc) is 2.87. The molecule has 34 heavy (non-hydrogen) atoms. The Bertz CT molecular complexity index is 1300. The number of piperazine rings is 1. The second-order valence-electron chi connectivity index (χ2n) is 8.18. The van der Waals surface area contributed by atoms with E-state index in [1.54, 1.807) is 13.3 Å². The summed E-state index contributed by atoms with van der Waals surface area (Å²) in [7, 11) is 1.69. The topological polar surface area (TPSA) is 62.3 Å². The van der Waals surface area contributed by atoms with Crippen molar-refractivity contribution in [2.24, 2.45) is 0 Å². The van der Waals surface area contributed by atoms with E-state index in [2.05, 4.69) is 32.7 Å². The Morgan fingerprint density at radius 1 is 1.06 bits per heavy atom. The Balaban J connectivity index is 1.51. The number of rotatable bonds is 6. The lowest BCUT2D eigenvalue weighted by Crippen LogP contribution is -2.43. The van der Waals surface area contributed by atoms with Crippen molar-refractivity contribution >= 4 is 51.2 Å². The molecule has 0 amide bonds. The lowest BCUT2D eigenvalue weighted by molar-refractivity contribution is 0.416. The van der Waals surface area contributed by atoms with Gasteiger partial charge in [0.05, 0.1) is 12.8 Å². The molecule has 0 atom stereocenters. The molecule has 2 aromatic carbocycles. The molecule has 1 aliphatic rings. The van der Waals surface area contributed by atoms with Gasteiger partial charge in [-0.2, -0.15) is 0 Å². The summed E-state index contributed by atoms with van der Waals surface area (Å²) in [4.78, 5) is 11.6. The summed E-state index contributed by atoms with van der Waals surface area (Å²) < 4.78 is 5.74. The molecule has 8 heteroatoms. The molecule has 0 aliphatic carbocycles. The van der Waals surface area contributed by atoms with Crippen molar-refractivity contribution in [1.29, 1.82) is 0 Å². The number of halogens is 2. The van der Waals surface area contributed by atoms with Gasteiger partial charge in [0.25, 0.3) is 0 Å². The highest BCUT2D eigenvalue weighted by Crippen LogP contribution is 2.35. The molecular formula is C26H25Cl2N5O. The summed E-state index contributed by atoms with van der Waals surface area (Å²) in [6.45, 7) is 3.90. The summed E-state index contributed by atoms with van der Waals surface area (Å²) in [5, 5.41) is 10.1. The molecule has 174 valence electrons. The second-order valence-corrected chi connectivity index (χ2v) is 9.00. The number of nitrogens with one attached hydrogen (secondary N) is 2. The van der Waals surface area contributed by atoms with Crippen LogP contribution in [0.2, 0.25) is 10.0 Å². The van der Waals surface area contributed by atoms with Gasteiger partial charge in [0.15, 0.2) is 0 Å². The first kappa shape index (κ1) is 22.7. The normalized spacial score (nSPS) is 13.8. The van der Waals surface area contributed by atoms with E-state index in [0.717, 1.165) is 65.3 Å². The maximum atomic E-state index is 6.42. The zero-order chi connectivity index (χ0) is 23.5. The van der Waals surface area contributed by atoms with Gasteiger partial charge in [0.2, 0.25) is 0 Å². The second kappa shape index (κ2) is 10.1. The Morgan fingerprint density at radius 3 is 2.62 bits per heavy atom. The van der Waals surface area contributed by atoms with Crippen LogP contribution in [0.1, 0.15) is 11.3 Å². The van der Waals surface area contributed by atoms with Gasteiger partial charge in [-0.1, -0.05) is 29.3 Å². The number of aromatic nitrogens is 2. The summed E-state index contributed by atoms with van der Waals surface area (Å²) in [6, 6.07) is 15.8. The highest BCUT2D eigenvalue weighted by molar-refractivity contribution is 6.36. The number of anilines is 3.